The van der Waals surface area contributed by atoms with E-state index < -0.39 is 35.9 Å². The van der Waals surface area contributed by atoms with Crippen LogP contribution in [0.4, 0.5) is 11.4 Å². The molecule has 5 N–H and O–H groups in total. The number of aromatic nitrogens is 2. The van der Waals surface area contributed by atoms with E-state index in [0.717, 1.165) is 6.07 Å². The van der Waals surface area contributed by atoms with E-state index in [2.05, 4.69) is 20.3 Å². The molecule has 12 heteroatoms. The first-order chi connectivity index (χ1) is 11.4. The summed E-state index contributed by atoms with van der Waals surface area (Å²) in [5.41, 5.74) is -0.505. The molecule has 0 saturated heterocycles. The van der Waals surface area contributed by atoms with Crippen molar-refractivity contribution in [3.63, 3.8) is 0 Å². The maximum absolute atomic E-state index is 11.2. The number of benzene rings is 1. The molecule has 0 aliphatic rings. The number of anilines is 1. The van der Waals surface area contributed by atoms with Gasteiger partial charge in [0.25, 0.3) is 0 Å². The highest BCUT2D eigenvalue weighted by Crippen LogP contribution is 2.29. The lowest BCUT2D eigenvalue weighted by Crippen LogP contribution is -2.49. The van der Waals surface area contributed by atoms with Gasteiger partial charge in [-0.25, -0.2) is 4.63 Å². The topological polar surface area (TPSA) is 192 Å². The van der Waals surface area contributed by atoms with Gasteiger partial charge in [0, 0.05) is 6.07 Å². The summed E-state index contributed by atoms with van der Waals surface area (Å²) >= 11 is 0. The van der Waals surface area contributed by atoms with Gasteiger partial charge in [-0.2, -0.15) is 0 Å². The number of hydrogen-bond acceptors (Lipinski definition) is 11. The molecule has 24 heavy (non-hydrogen) atoms. The highest BCUT2D eigenvalue weighted by atomic mass is 16.6. The van der Waals surface area contributed by atoms with Crippen LogP contribution in [0.25, 0.3) is 11.0 Å². The number of aldehydes is 1. The number of rotatable bonds is 8. The van der Waals surface area contributed by atoms with Crippen molar-refractivity contribution < 1.29 is 34.8 Å². The van der Waals surface area contributed by atoms with Crippen molar-refractivity contribution in [2.45, 2.75) is 24.4 Å². The maximum Gasteiger partial charge on any atom is 0.300 e. The third-order valence-corrected chi connectivity index (χ3v) is 3.36. The van der Waals surface area contributed by atoms with E-state index in [-0.39, 0.29) is 28.7 Å². The Kier molecular flexibility index (Phi) is 5.35. The van der Waals surface area contributed by atoms with Gasteiger partial charge in [-0.15, -0.1) is 0 Å². The Bertz CT molecular complexity index is 735. The van der Waals surface area contributed by atoms with Gasteiger partial charge in [0.1, 0.15) is 30.6 Å². The number of nitro groups is 1. The van der Waals surface area contributed by atoms with Crippen LogP contribution in [0.3, 0.4) is 0 Å². The van der Waals surface area contributed by atoms with E-state index in [4.69, 9.17) is 5.11 Å². The summed E-state index contributed by atoms with van der Waals surface area (Å²) in [5, 5.41) is 58.0. The monoisotopic (exact) mass is 342 g/mol. The molecule has 2 rings (SSSR count). The molecule has 12 nitrogen and oxygen atoms in total. The predicted molar refractivity (Wildman–Crippen MR) is 77.0 cm³/mol. The van der Waals surface area contributed by atoms with Crippen molar-refractivity contribution in [2.24, 2.45) is 0 Å². The first-order valence-electron chi connectivity index (χ1n) is 6.67. The largest absolute Gasteiger partial charge is 0.394 e. The van der Waals surface area contributed by atoms with Crippen molar-refractivity contribution in [3.05, 3.63) is 22.2 Å². The molecule has 0 spiro atoms. The zero-order valence-corrected chi connectivity index (χ0v) is 12.0. The highest BCUT2D eigenvalue weighted by molar-refractivity contribution is 5.94. The summed E-state index contributed by atoms with van der Waals surface area (Å²) < 4.78 is 4.46. The summed E-state index contributed by atoms with van der Waals surface area (Å²) in [5.74, 6) is 0. The van der Waals surface area contributed by atoms with Gasteiger partial charge in [-0.3, -0.25) is 10.1 Å². The van der Waals surface area contributed by atoms with Gasteiger partial charge in [0.05, 0.1) is 17.2 Å². The Hall–Kier alpha value is -2.67. The van der Waals surface area contributed by atoms with Crippen LogP contribution >= 0.6 is 0 Å². The van der Waals surface area contributed by atoms with Crippen molar-refractivity contribution in [1.29, 1.82) is 0 Å². The third kappa shape index (κ3) is 3.30. The quantitative estimate of drug-likeness (QED) is 0.206. The van der Waals surface area contributed by atoms with Crippen molar-refractivity contribution in [2.75, 3.05) is 11.9 Å². The van der Waals surface area contributed by atoms with Crippen LogP contribution in [0.15, 0.2) is 16.8 Å². The molecule has 0 radical (unpaired) electrons. The minimum Gasteiger partial charge on any atom is -0.394 e. The molecule has 1 aromatic heterocycles. The fourth-order valence-corrected chi connectivity index (χ4v) is 2.04. The summed E-state index contributed by atoms with van der Waals surface area (Å²) in [6.07, 6.45) is -4.97. The van der Waals surface area contributed by atoms with Crippen molar-refractivity contribution in [3.8, 4) is 0 Å². The van der Waals surface area contributed by atoms with Crippen LogP contribution in [0.2, 0.25) is 0 Å². The number of nitrogens with zero attached hydrogens (tertiary/aromatic N) is 3. The second-order valence-corrected chi connectivity index (χ2v) is 4.89. The summed E-state index contributed by atoms with van der Waals surface area (Å²) in [7, 11) is 0. The number of aliphatic hydroxyl groups is 4. The smallest absolute Gasteiger partial charge is 0.300 e. The Labute approximate surface area is 133 Å². The molecule has 0 aliphatic heterocycles. The molecule has 4 atom stereocenters. The number of nitrogens with one attached hydrogen (secondary N) is 1. The molecule has 0 aliphatic carbocycles. The van der Waals surface area contributed by atoms with Gasteiger partial charge >= 0.3 is 5.69 Å². The Morgan fingerprint density at radius 1 is 1.25 bits per heavy atom. The van der Waals surface area contributed by atoms with Gasteiger partial charge in [-0.1, -0.05) is 0 Å². The Morgan fingerprint density at radius 2 is 1.92 bits per heavy atom. The average Bonchev–Trinajstić information content (AvgIpc) is 3.07. The van der Waals surface area contributed by atoms with E-state index in [1.54, 1.807) is 0 Å². The van der Waals surface area contributed by atoms with Crippen LogP contribution in [0.1, 0.15) is 0 Å². The van der Waals surface area contributed by atoms with Crippen LogP contribution in [0, 0.1) is 10.1 Å². The first-order valence-corrected chi connectivity index (χ1v) is 6.67. The van der Waals surface area contributed by atoms with E-state index >= 15 is 0 Å². The Morgan fingerprint density at radius 3 is 2.50 bits per heavy atom. The molecule has 0 saturated carbocycles. The number of nitro benzene ring substituents is 1. The number of aliphatic hydroxyl groups excluding tert-OH is 4. The Balaban J connectivity index is 2.30. The summed E-state index contributed by atoms with van der Waals surface area (Å²) in [6, 6.07) is 0.924. The van der Waals surface area contributed by atoms with Crippen LogP contribution in [-0.4, -0.2) is 72.9 Å². The molecule has 0 unspecified atom stereocenters. The molecule has 0 fully saturated rings. The standard InChI is InChI=1S/C12H14N4O8/c17-3-6(11(20)12(21)8(19)4-18)13-5-1-2-7(16(22)23)10-9(5)14-24-15-10/h1-3,6,8,11-13,18-21H,4H2/t6-,8-,11-,12-/m0/s1. The number of carbonyl (C=O) groups is 1. The van der Waals surface area contributed by atoms with E-state index in [0.29, 0.717) is 0 Å². The zero-order chi connectivity index (χ0) is 17.9. The SMILES string of the molecule is O=C[C@H](Nc1ccc([N+](=O)[O-])c2nonc12)[C@H](O)[C@@H](O)[C@@H](O)CO. The fourth-order valence-electron chi connectivity index (χ4n) is 2.04. The number of carbonyl (C=O) groups excluding carboxylic acids is 1. The second kappa shape index (κ2) is 7.27. The summed E-state index contributed by atoms with van der Waals surface area (Å²) in [4.78, 5) is 21.4. The lowest BCUT2D eigenvalue weighted by atomic mass is 10.0. The lowest BCUT2D eigenvalue weighted by molar-refractivity contribution is -0.383. The van der Waals surface area contributed by atoms with Gasteiger partial charge in [0.15, 0.2) is 5.52 Å². The van der Waals surface area contributed by atoms with E-state index in [1.165, 1.54) is 6.07 Å². The molecule has 2 aromatic rings. The molecule has 1 heterocycles. The van der Waals surface area contributed by atoms with Crippen molar-refractivity contribution in [1.82, 2.24) is 10.3 Å². The number of hydrogen-bond donors (Lipinski definition) is 5. The second-order valence-electron chi connectivity index (χ2n) is 4.89. The minimum absolute atomic E-state index is 0.0551. The van der Waals surface area contributed by atoms with Gasteiger partial charge < -0.3 is 30.5 Å². The number of fused-ring (bicyclic) bond motifs is 1. The molecule has 1 aromatic carbocycles. The third-order valence-electron chi connectivity index (χ3n) is 3.36. The fraction of sp³-hybridized carbons (Fsp3) is 0.417. The summed E-state index contributed by atoms with van der Waals surface area (Å²) in [6.45, 7) is -0.821. The normalized spacial score (nSPS) is 16.3. The van der Waals surface area contributed by atoms with Gasteiger partial charge in [-0.05, 0) is 16.4 Å². The number of non-ortho nitro benzene ring substituents is 1. The van der Waals surface area contributed by atoms with Gasteiger partial charge in [0.2, 0.25) is 5.52 Å². The maximum atomic E-state index is 11.2. The lowest BCUT2D eigenvalue weighted by Gasteiger charge is -2.26. The van der Waals surface area contributed by atoms with Crippen LogP contribution < -0.4 is 5.32 Å². The average molecular weight is 342 g/mol. The molecular weight excluding hydrogens is 328 g/mol. The van der Waals surface area contributed by atoms with Crippen LogP contribution in [0.5, 0.6) is 0 Å². The highest BCUT2D eigenvalue weighted by Gasteiger charge is 2.32. The predicted octanol–water partition coefficient (Wildman–Crippen LogP) is -1.81. The van der Waals surface area contributed by atoms with E-state index in [9.17, 15) is 30.2 Å². The van der Waals surface area contributed by atoms with E-state index in [1.807, 2.05) is 0 Å². The zero-order valence-electron chi connectivity index (χ0n) is 12.0. The molecule has 0 bridgehead atoms. The van der Waals surface area contributed by atoms with Crippen LogP contribution in [-0.2, 0) is 4.79 Å². The molecule has 0 amide bonds. The minimum atomic E-state index is -1.80. The molecule has 130 valence electrons. The van der Waals surface area contributed by atoms with Crippen molar-refractivity contribution >= 4 is 28.7 Å². The molecular formula is C12H14N4O8. The first kappa shape index (κ1) is 17.7.